The molecule has 0 atom stereocenters. The lowest BCUT2D eigenvalue weighted by Gasteiger charge is -2.29. The van der Waals surface area contributed by atoms with E-state index in [1.54, 1.807) is 5.20 Å². The molecule has 2 rings (SSSR count). The molecule has 2 nitrogen and oxygen atoms in total. The SMILES string of the molecule is C#CCCC/C(=C/B1N(C)CCN1C)[Si](C)(C)c1ccccc1. The van der Waals surface area contributed by atoms with Crippen LogP contribution in [-0.2, 0) is 0 Å². The van der Waals surface area contributed by atoms with Gasteiger partial charge in [-0.1, -0.05) is 59.8 Å². The minimum absolute atomic E-state index is 0.423. The van der Waals surface area contributed by atoms with E-state index in [4.69, 9.17) is 6.42 Å². The highest BCUT2D eigenvalue weighted by Gasteiger charge is 2.34. The van der Waals surface area contributed by atoms with Crippen LogP contribution in [0.2, 0.25) is 13.1 Å². The summed E-state index contributed by atoms with van der Waals surface area (Å²) in [5, 5.41) is 3.14. The topological polar surface area (TPSA) is 6.48 Å². The van der Waals surface area contributed by atoms with Crippen LogP contribution in [0.3, 0.4) is 0 Å². The molecule has 1 aliphatic heterocycles. The van der Waals surface area contributed by atoms with E-state index in [1.165, 1.54) is 5.19 Å². The summed E-state index contributed by atoms with van der Waals surface area (Å²) in [6, 6.07) is 11.0. The molecule has 0 radical (unpaired) electrons. The molecule has 1 aromatic carbocycles. The van der Waals surface area contributed by atoms with Crippen molar-refractivity contribution in [2.24, 2.45) is 0 Å². The van der Waals surface area contributed by atoms with Gasteiger partial charge in [0.25, 0.3) is 0 Å². The van der Waals surface area contributed by atoms with Crippen molar-refractivity contribution >= 4 is 20.2 Å². The monoisotopic (exact) mass is 324 g/mol. The molecule has 1 saturated heterocycles. The summed E-state index contributed by atoms with van der Waals surface area (Å²) in [7, 11) is 2.80. The fourth-order valence-electron chi connectivity index (χ4n) is 3.38. The maximum absolute atomic E-state index is 5.47. The number of benzene rings is 1. The third-order valence-electron chi connectivity index (χ3n) is 5.12. The van der Waals surface area contributed by atoms with Gasteiger partial charge in [0.2, 0.25) is 0 Å². The van der Waals surface area contributed by atoms with Crippen molar-refractivity contribution in [3.8, 4) is 12.3 Å². The standard InChI is InChI=1S/C19H29BN2Si/c1-6-7-9-14-19(17-20-21(2)15-16-22(20)3)23(4,5)18-12-10-8-11-13-18/h1,8,10-13,17H,7,9,14-16H2,2-5H3/b19-17-. The molecule has 1 aliphatic rings. The van der Waals surface area contributed by atoms with Crippen molar-refractivity contribution in [3.63, 3.8) is 0 Å². The quantitative estimate of drug-likeness (QED) is 0.451. The largest absolute Gasteiger partial charge is 0.337 e. The fourth-order valence-corrected chi connectivity index (χ4v) is 6.14. The van der Waals surface area contributed by atoms with Crippen LogP contribution in [0.15, 0.2) is 41.5 Å². The van der Waals surface area contributed by atoms with Gasteiger partial charge in [0.1, 0.15) is 8.07 Å². The van der Waals surface area contributed by atoms with E-state index < -0.39 is 8.07 Å². The van der Waals surface area contributed by atoms with Gasteiger partial charge < -0.3 is 9.62 Å². The molecule has 0 amide bonds. The summed E-state index contributed by atoms with van der Waals surface area (Å²) in [6.45, 7) is 7.65. The fraction of sp³-hybridized carbons (Fsp3) is 0.474. The van der Waals surface area contributed by atoms with E-state index >= 15 is 0 Å². The molecule has 4 heteroatoms. The molecule has 1 fully saturated rings. The van der Waals surface area contributed by atoms with E-state index in [1.807, 2.05) is 0 Å². The Morgan fingerprint density at radius 3 is 2.39 bits per heavy atom. The van der Waals surface area contributed by atoms with Crippen LogP contribution in [0, 0.1) is 12.3 Å². The zero-order chi connectivity index (χ0) is 16.9. The molecule has 0 saturated carbocycles. The summed E-state index contributed by atoms with van der Waals surface area (Å²) >= 11 is 0. The lowest BCUT2D eigenvalue weighted by molar-refractivity contribution is 0.553. The first-order valence-electron chi connectivity index (χ1n) is 8.57. The van der Waals surface area contributed by atoms with Gasteiger partial charge in [-0.2, -0.15) is 0 Å². The van der Waals surface area contributed by atoms with Gasteiger partial charge in [-0.3, -0.25) is 0 Å². The van der Waals surface area contributed by atoms with E-state index in [0.717, 1.165) is 32.4 Å². The number of rotatable bonds is 6. The van der Waals surface area contributed by atoms with Crippen LogP contribution < -0.4 is 5.19 Å². The second kappa shape index (κ2) is 8.01. The van der Waals surface area contributed by atoms with Crippen LogP contribution in [0.4, 0.5) is 0 Å². The number of likely N-dealkylation sites (N-methyl/N-ethyl adjacent to an activating group) is 2. The number of hydrogen-bond acceptors (Lipinski definition) is 2. The Bertz CT molecular complexity index is 567. The molecular formula is C19H29BN2Si. The van der Waals surface area contributed by atoms with Crippen LogP contribution >= 0.6 is 0 Å². The number of nitrogens with zero attached hydrogens (tertiary/aromatic N) is 2. The van der Waals surface area contributed by atoms with Gasteiger partial charge in [0, 0.05) is 19.5 Å². The van der Waals surface area contributed by atoms with Crippen LogP contribution in [0.5, 0.6) is 0 Å². The van der Waals surface area contributed by atoms with Crippen molar-refractivity contribution in [1.29, 1.82) is 0 Å². The zero-order valence-corrected chi connectivity index (χ0v) is 16.0. The van der Waals surface area contributed by atoms with E-state index in [2.05, 4.69) is 79.0 Å². The minimum Gasteiger partial charge on any atom is -0.326 e. The van der Waals surface area contributed by atoms with Gasteiger partial charge in [0.05, 0.1) is 0 Å². The van der Waals surface area contributed by atoms with Gasteiger partial charge in [-0.05, 0) is 26.9 Å². The normalized spacial score (nSPS) is 17.5. The maximum Gasteiger partial charge on any atom is 0.337 e. The Morgan fingerprint density at radius 1 is 1.22 bits per heavy atom. The van der Waals surface area contributed by atoms with Gasteiger partial charge in [0.15, 0.2) is 0 Å². The Labute approximate surface area is 143 Å². The number of unbranched alkanes of at least 4 members (excludes halogenated alkanes) is 1. The van der Waals surface area contributed by atoms with Crippen molar-refractivity contribution in [2.75, 3.05) is 27.2 Å². The van der Waals surface area contributed by atoms with Crippen molar-refractivity contribution in [1.82, 2.24) is 9.62 Å². The summed E-state index contributed by atoms with van der Waals surface area (Å²) in [4.78, 5) is 4.88. The summed E-state index contributed by atoms with van der Waals surface area (Å²) in [6.07, 6.45) is 8.55. The van der Waals surface area contributed by atoms with Gasteiger partial charge in [-0.15, -0.1) is 12.3 Å². The molecule has 0 unspecified atom stereocenters. The van der Waals surface area contributed by atoms with E-state index in [0.29, 0.717) is 6.98 Å². The molecule has 23 heavy (non-hydrogen) atoms. The number of terminal acetylenes is 1. The van der Waals surface area contributed by atoms with Crippen LogP contribution in [0.25, 0.3) is 0 Å². The molecule has 0 bridgehead atoms. The van der Waals surface area contributed by atoms with Gasteiger partial charge in [-0.25, -0.2) is 0 Å². The lowest BCUT2D eigenvalue weighted by atomic mass is 9.74. The molecular weight excluding hydrogens is 295 g/mol. The maximum atomic E-state index is 5.47. The Balaban J connectivity index is 2.31. The predicted octanol–water partition coefficient (Wildman–Crippen LogP) is 2.78. The smallest absolute Gasteiger partial charge is 0.326 e. The zero-order valence-electron chi connectivity index (χ0n) is 15.0. The minimum atomic E-state index is -1.65. The van der Waals surface area contributed by atoms with Gasteiger partial charge >= 0.3 is 6.98 Å². The first-order valence-corrected chi connectivity index (χ1v) is 11.6. The molecule has 0 aromatic heterocycles. The molecule has 0 N–H and O–H groups in total. The first-order chi connectivity index (χ1) is 11.0. The van der Waals surface area contributed by atoms with E-state index in [-0.39, 0.29) is 0 Å². The first kappa shape index (κ1) is 18.1. The summed E-state index contributed by atoms with van der Waals surface area (Å²) < 4.78 is 0. The average molecular weight is 324 g/mol. The second-order valence-corrected chi connectivity index (χ2v) is 11.6. The molecule has 0 aliphatic carbocycles. The highest BCUT2D eigenvalue weighted by molar-refractivity contribution is 6.96. The number of allylic oxidation sites excluding steroid dienone is 1. The second-order valence-electron chi connectivity index (χ2n) is 7.12. The average Bonchev–Trinajstić information content (AvgIpc) is 2.86. The highest BCUT2D eigenvalue weighted by Crippen LogP contribution is 2.23. The third-order valence-corrected chi connectivity index (χ3v) is 8.92. The lowest BCUT2D eigenvalue weighted by Crippen LogP contribution is -2.46. The third kappa shape index (κ3) is 4.38. The highest BCUT2D eigenvalue weighted by atomic mass is 28.3. The van der Waals surface area contributed by atoms with E-state index in [9.17, 15) is 0 Å². The van der Waals surface area contributed by atoms with Crippen molar-refractivity contribution in [3.05, 3.63) is 41.5 Å². The predicted molar refractivity (Wildman–Crippen MR) is 105 cm³/mol. The van der Waals surface area contributed by atoms with Crippen molar-refractivity contribution in [2.45, 2.75) is 32.4 Å². The molecule has 122 valence electrons. The summed E-state index contributed by atoms with van der Waals surface area (Å²) in [5.74, 6) is 5.32. The van der Waals surface area contributed by atoms with Crippen molar-refractivity contribution < 1.29 is 0 Å². The Kier molecular flexibility index (Phi) is 6.29. The van der Waals surface area contributed by atoms with Crippen LogP contribution in [0.1, 0.15) is 19.3 Å². The molecule has 1 heterocycles. The molecule has 1 aromatic rings. The molecule has 0 spiro atoms. The Hall–Kier alpha value is -1.28. The summed E-state index contributed by atoms with van der Waals surface area (Å²) in [5.41, 5.74) is 0. The number of hydrogen-bond donors (Lipinski definition) is 0. The van der Waals surface area contributed by atoms with Crippen LogP contribution in [-0.4, -0.2) is 51.9 Å². The Morgan fingerprint density at radius 2 is 1.83 bits per heavy atom.